The molecule has 0 bridgehead atoms. The first-order valence-electron chi connectivity index (χ1n) is 6.39. The van der Waals surface area contributed by atoms with Crippen molar-refractivity contribution in [3.05, 3.63) is 29.0 Å². The number of nitrogens with zero attached hydrogens (tertiary/aromatic N) is 1. The van der Waals surface area contributed by atoms with Crippen molar-refractivity contribution in [3.8, 4) is 0 Å². The summed E-state index contributed by atoms with van der Waals surface area (Å²) in [6.45, 7) is 5.22. The molecule has 0 spiro atoms. The molecule has 0 radical (unpaired) electrons. The molecule has 0 aliphatic heterocycles. The van der Waals surface area contributed by atoms with Gasteiger partial charge in [-0.25, -0.2) is 14.6 Å². The Kier molecular flexibility index (Phi) is 5.96. The lowest BCUT2D eigenvalue weighted by Crippen LogP contribution is -2.45. The summed E-state index contributed by atoms with van der Waals surface area (Å²) in [5.74, 6) is -0.559. The highest BCUT2D eigenvalue weighted by Gasteiger charge is 2.25. The number of pyridine rings is 1. The van der Waals surface area contributed by atoms with E-state index < -0.39 is 23.7 Å². The van der Waals surface area contributed by atoms with Crippen LogP contribution in [0.25, 0.3) is 0 Å². The zero-order valence-corrected chi connectivity index (χ0v) is 13.2. The van der Waals surface area contributed by atoms with E-state index in [4.69, 9.17) is 16.3 Å². The Morgan fingerprint density at radius 3 is 2.52 bits per heavy atom. The van der Waals surface area contributed by atoms with Gasteiger partial charge in [0, 0.05) is 12.6 Å². The zero-order valence-electron chi connectivity index (χ0n) is 12.5. The van der Waals surface area contributed by atoms with E-state index in [1.165, 1.54) is 13.3 Å². The predicted octanol–water partition coefficient (Wildman–Crippen LogP) is 2.34. The number of alkyl carbamates (subject to hydrolysis) is 1. The second-order valence-corrected chi connectivity index (χ2v) is 5.80. The average Bonchev–Trinajstić information content (AvgIpc) is 2.37. The third-order valence-electron chi connectivity index (χ3n) is 2.41. The number of aromatic nitrogens is 1. The summed E-state index contributed by atoms with van der Waals surface area (Å²) in [6.07, 6.45) is 1.09. The van der Waals surface area contributed by atoms with E-state index in [1.807, 2.05) is 0 Å². The van der Waals surface area contributed by atoms with Gasteiger partial charge in [-0.1, -0.05) is 17.7 Å². The number of carbonyl (C=O) groups excluding carboxylic acids is 2. The van der Waals surface area contributed by atoms with Gasteiger partial charge in [0.25, 0.3) is 0 Å². The van der Waals surface area contributed by atoms with Crippen LogP contribution in [-0.2, 0) is 20.7 Å². The first-order valence-corrected chi connectivity index (χ1v) is 6.77. The van der Waals surface area contributed by atoms with E-state index in [-0.39, 0.29) is 6.42 Å². The fourth-order valence-corrected chi connectivity index (χ4v) is 1.66. The van der Waals surface area contributed by atoms with Crippen LogP contribution >= 0.6 is 11.6 Å². The molecule has 0 saturated heterocycles. The molecule has 1 N–H and O–H groups in total. The summed E-state index contributed by atoms with van der Waals surface area (Å²) in [6, 6.07) is 2.48. The standard InChI is InChI=1S/C14H19ClN2O4/c1-14(2,3)21-13(19)17-10(12(18)20-4)7-9-5-6-11(15)16-8-9/h5-6,8,10H,7H2,1-4H3,(H,17,19). The Morgan fingerprint density at radius 1 is 1.38 bits per heavy atom. The molecule has 1 aromatic rings. The molecule has 1 rings (SSSR count). The molecule has 116 valence electrons. The summed E-state index contributed by atoms with van der Waals surface area (Å²) >= 11 is 5.70. The van der Waals surface area contributed by atoms with Crippen molar-refractivity contribution in [1.82, 2.24) is 10.3 Å². The summed E-state index contributed by atoms with van der Waals surface area (Å²) in [7, 11) is 1.26. The van der Waals surface area contributed by atoms with Crippen molar-refractivity contribution in [2.45, 2.75) is 38.8 Å². The maximum atomic E-state index is 11.8. The van der Waals surface area contributed by atoms with Crippen LogP contribution in [0, 0.1) is 0 Å². The molecule has 7 heteroatoms. The monoisotopic (exact) mass is 314 g/mol. The number of esters is 1. The normalized spacial score (nSPS) is 12.4. The van der Waals surface area contributed by atoms with Crippen LogP contribution in [-0.4, -0.2) is 35.8 Å². The summed E-state index contributed by atoms with van der Waals surface area (Å²) in [5, 5.41) is 2.85. The molecule has 1 amide bonds. The Balaban J connectivity index is 2.74. The predicted molar refractivity (Wildman–Crippen MR) is 78.1 cm³/mol. The topological polar surface area (TPSA) is 77.5 Å². The fraction of sp³-hybridized carbons (Fsp3) is 0.500. The molecule has 6 nitrogen and oxygen atoms in total. The SMILES string of the molecule is COC(=O)C(Cc1ccc(Cl)nc1)NC(=O)OC(C)(C)C. The van der Waals surface area contributed by atoms with Gasteiger partial charge in [-0.05, 0) is 32.4 Å². The van der Waals surface area contributed by atoms with Crippen molar-refractivity contribution in [3.63, 3.8) is 0 Å². The maximum Gasteiger partial charge on any atom is 0.408 e. The number of methoxy groups -OCH3 is 1. The number of carbonyl (C=O) groups is 2. The van der Waals surface area contributed by atoms with Crippen LogP contribution in [0.1, 0.15) is 26.3 Å². The van der Waals surface area contributed by atoms with Gasteiger partial charge < -0.3 is 14.8 Å². The lowest BCUT2D eigenvalue weighted by atomic mass is 10.1. The van der Waals surface area contributed by atoms with Crippen LogP contribution in [0.4, 0.5) is 4.79 Å². The molecule has 0 aliphatic rings. The molecule has 1 heterocycles. The van der Waals surface area contributed by atoms with Crippen LogP contribution < -0.4 is 5.32 Å². The minimum absolute atomic E-state index is 0.232. The number of hydrogen-bond acceptors (Lipinski definition) is 5. The highest BCUT2D eigenvalue weighted by molar-refractivity contribution is 6.29. The highest BCUT2D eigenvalue weighted by atomic mass is 35.5. The third kappa shape index (κ3) is 6.44. The lowest BCUT2D eigenvalue weighted by molar-refractivity contribution is -0.143. The maximum absolute atomic E-state index is 11.8. The van der Waals surface area contributed by atoms with Crippen molar-refractivity contribution in [2.75, 3.05) is 7.11 Å². The molecule has 0 fully saturated rings. The quantitative estimate of drug-likeness (QED) is 0.682. The second-order valence-electron chi connectivity index (χ2n) is 5.42. The van der Waals surface area contributed by atoms with Gasteiger partial charge in [-0.3, -0.25) is 0 Å². The number of rotatable bonds is 4. The third-order valence-corrected chi connectivity index (χ3v) is 2.63. The van der Waals surface area contributed by atoms with Crippen LogP contribution in [0.5, 0.6) is 0 Å². The van der Waals surface area contributed by atoms with Crippen molar-refractivity contribution >= 4 is 23.7 Å². The van der Waals surface area contributed by atoms with E-state index in [2.05, 4.69) is 15.0 Å². The molecule has 1 atom stereocenters. The Morgan fingerprint density at radius 2 is 2.05 bits per heavy atom. The molecular weight excluding hydrogens is 296 g/mol. The Hall–Kier alpha value is -1.82. The van der Waals surface area contributed by atoms with Gasteiger partial charge in [0.2, 0.25) is 0 Å². The summed E-state index contributed by atoms with van der Waals surface area (Å²) in [4.78, 5) is 27.4. The van der Waals surface area contributed by atoms with Gasteiger partial charge in [-0.2, -0.15) is 0 Å². The number of hydrogen-bond donors (Lipinski definition) is 1. The van der Waals surface area contributed by atoms with E-state index in [9.17, 15) is 9.59 Å². The average molecular weight is 315 g/mol. The van der Waals surface area contributed by atoms with Gasteiger partial charge in [0.05, 0.1) is 7.11 Å². The smallest absolute Gasteiger partial charge is 0.408 e. The van der Waals surface area contributed by atoms with Gasteiger partial charge in [0.15, 0.2) is 0 Å². The Bertz CT molecular complexity index is 497. The van der Waals surface area contributed by atoms with E-state index in [1.54, 1.807) is 32.9 Å². The minimum Gasteiger partial charge on any atom is -0.467 e. The number of nitrogens with one attached hydrogen (secondary N) is 1. The number of halogens is 1. The van der Waals surface area contributed by atoms with Crippen LogP contribution in [0.2, 0.25) is 5.15 Å². The van der Waals surface area contributed by atoms with E-state index >= 15 is 0 Å². The second kappa shape index (κ2) is 7.26. The molecule has 0 aromatic carbocycles. The number of amides is 1. The van der Waals surface area contributed by atoms with Crippen molar-refractivity contribution in [2.24, 2.45) is 0 Å². The first-order chi connectivity index (χ1) is 9.71. The van der Waals surface area contributed by atoms with Crippen LogP contribution in [0.15, 0.2) is 18.3 Å². The fourth-order valence-electron chi connectivity index (χ4n) is 1.55. The van der Waals surface area contributed by atoms with Crippen molar-refractivity contribution < 1.29 is 19.1 Å². The lowest BCUT2D eigenvalue weighted by Gasteiger charge is -2.22. The molecule has 1 aromatic heterocycles. The highest BCUT2D eigenvalue weighted by Crippen LogP contribution is 2.10. The van der Waals surface area contributed by atoms with E-state index in [0.29, 0.717) is 5.15 Å². The zero-order chi connectivity index (χ0) is 16.0. The Labute approximate surface area is 128 Å². The minimum atomic E-state index is -0.854. The summed E-state index contributed by atoms with van der Waals surface area (Å²) in [5.41, 5.74) is 0.0953. The molecular formula is C14H19ClN2O4. The molecule has 1 unspecified atom stereocenters. The van der Waals surface area contributed by atoms with Gasteiger partial charge in [-0.15, -0.1) is 0 Å². The molecule has 21 heavy (non-hydrogen) atoms. The first kappa shape index (κ1) is 17.2. The van der Waals surface area contributed by atoms with Gasteiger partial charge in [0.1, 0.15) is 16.8 Å². The molecule has 0 saturated carbocycles. The summed E-state index contributed by atoms with van der Waals surface area (Å²) < 4.78 is 9.81. The van der Waals surface area contributed by atoms with Crippen LogP contribution in [0.3, 0.4) is 0 Å². The van der Waals surface area contributed by atoms with Crippen molar-refractivity contribution in [1.29, 1.82) is 0 Å². The number of ether oxygens (including phenoxy) is 2. The van der Waals surface area contributed by atoms with Gasteiger partial charge >= 0.3 is 12.1 Å². The largest absolute Gasteiger partial charge is 0.467 e. The van der Waals surface area contributed by atoms with E-state index in [0.717, 1.165) is 5.56 Å². The molecule has 0 aliphatic carbocycles.